The van der Waals surface area contributed by atoms with Crippen molar-refractivity contribution in [1.29, 1.82) is 0 Å². The highest BCUT2D eigenvalue weighted by atomic mass is 16.5. The molecule has 0 aromatic carbocycles. The highest BCUT2D eigenvalue weighted by Gasteiger charge is 2.19. The van der Waals surface area contributed by atoms with Crippen molar-refractivity contribution in [1.82, 2.24) is 20.3 Å². The fourth-order valence-electron chi connectivity index (χ4n) is 2.45. The molecule has 0 aliphatic heterocycles. The number of carbonyl (C=O) groups excluding carboxylic acids is 1. The number of aliphatic imine (C=N–C) groups is 1. The van der Waals surface area contributed by atoms with Crippen LogP contribution in [0.5, 0.6) is 0 Å². The molecule has 0 saturated heterocycles. The Morgan fingerprint density at radius 1 is 1.41 bits per heavy atom. The first kappa shape index (κ1) is 16.3. The lowest BCUT2D eigenvalue weighted by Gasteiger charge is -2.24. The summed E-state index contributed by atoms with van der Waals surface area (Å²) in [7, 11) is 5.41. The third kappa shape index (κ3) is 4.75. The van der Waals surface area contributed by atoms with E-state index in [2.05, 4.69) is 15.5 Å². The fourth-order valence-corrected chi connectivity index (χ4v) is 2.45. The summed E-state index contributed by atoms with van der Waals surface area (Å²) in [5.74, 6) is 0.727. The van der Waals surface area contributed by atoms with Crippen molar-refractivity contribution >= 4 is 11.9 Å². The van der Waals surface area contributed by atoms with Crippen molar-refractivity contribution in [3.63, 3.8) is 0 Å². The molecule has 7 nitrogen and oxygen atoms in total. The van der Waals surface area contributed by atoms with Crippen LogP contribution in [0.4, 0.5) is 0 Å². The zero-order chi connectivity index (χ0) is 15.9. The maximum Gasteiger partial charge on any atom is 0.243 e. The Morgan fingerprint density at radius 2 is 2.14 bits per heavy atom. The number of amides is 1. The highest BCUT2D eigenvalue weighted by molar-refractivity contribution is 5.84. The standard InChI is InChI=1S/C15H25N5O2/c1-19(2)14(21)10-16-15(17-12-6-4-5-7-12)20(3)11-13-8-9-22-18-13/h8-9,12H,4-7,10-11H2,1-3H3,(H,16,17). The lowest BCUT2D eigenvalue weighted by molar-refractivity contribution is -0.127. The van der Waals surface area contributed by atoms with Crippen molar-refractivity contribution in [3.8, 4) is 0 Å². The molecule has 0 spiro atoms. The average molecular weight is 307 g/mol. The second-order valence-corrected chi connectivity index (χ2v) is 5.90. The zero-order valence-corrected chi connectivity index (χ0v) is 13.6. The number of nitrogens with one attached hydrogen (secondary N) is 1. The molecule has 0 radical (unpaired) electrons. The van der Waals surface area contributed by atoms with Gasteiger partial charge in [-0.25, -0.2) is 4.99 Å². The van der Waals surface area contributed by atoms with Crippen molar-refractivity contribution in [2.24, 2.45) is 4.99 Å². The van der Waals surface area contributed by atoms with E-state index in [1.807, 2.05) is 18.0 Å². The molecule has 7 heteroatoms. The molecule has 1 aliphatic carbocycles. The van der Waals surface area contributed by atoms with Crippen LogP contribution < -0.4 is 5.32 Å². The molecule has 1 heterocycles. The topological polar surface area (TPSA) is 74.0 Å². The van der Waals surface area contributed by atoms with Gasteiger partial charge in [-0.2, -0.15) is 0 Å². The van der Waals surface area contributed by atoms with E-state index in [0.717, 1.165) is 24.5 Å². The summed E-state index contributed by atoms with van der Waals surface area (Å²) in [5.41, 5.74) is 0.836. The van der Waals surface area contributed by atoms with Gasteiger partial charge in [0.2, 0.25) is 5.91 Å². The van der Waals surface area contributed by atoms with E-state index in [1.54, 1.807) is 25.3 Å². The van der Waals surface area contributed by atoms with E-state index in [0.29, 0.717) is 12.6 Å². The van der Waals surface area contributed by atoms with Crippen molar-refractivity contribution in [2.75, 3.05) is 27.7 Å². The summed E-state index contributed by atoms with van der Waals surface area (Å²) >= 11 is 0. The fraction of sp³-hybridized carbons (Fsp3) is 0.667. The number of likely N-dealkylation sites (N-methyl/N-ethyl adjacent to an activating group) is 1. The van der Waals surface area contributed by atoms with Gasteiger partial charge in [-0.05, 0) is 12.8 Å². The van der Waals surface area contributed by atoms with Crippen LogP contribution in [-0.2, 0) is 11.3 Å². The van der Waals surface area contributed by atoms with Gasteiger partial charge < -0.3 is 19.6 Å². The number of hydrogen-bond donors (Lipinski definition) is 1. The van der Waals surface area contributed by atoms with Gasteiger partial charge in [-0.3, -0.25) is 4.79 Å². The predicted molar refractivity (Wildman–Crippen MR) is 84.4 cm³/mol. The molecule has 2 rings (SSSR count). The van der Waals surface area contributed by atoms with Gasteiger partial charge >= 0.3 is 0 Å². The van der Waals surface area contributed by atoms with E-state index in [-0.39, 0.29) is 12.5 Å². The smallest absolute Gasteiger partial charge is 0.243 e. The summed E-state index contributed by atoms with van der Waals surface area (Å²) in [6.07, 6.45) is 6.35. The molecule has 1 aromatic rings. The molecule has 22 heavy (non-hydrogen) atoms. The number of guanidine groups is 1. The van der Waals surface area contributed by atoms with E-state index < -0.39 is 0 Å². The first-order valence-electron chi connectivity index (χ1n) is 7.68. The van der Waals surface area contributed by atoms with Crippen LogP contribution in [0.3, 0.4) is 0 Å². The van der Waals surface area contributed by atoms with E-state index in [4.69, 9.17) is 4.52 Å². The Labute approximate surface area is 131 Å². The molecule has 1 amide bonds. The van der Waals surface area contributed by atoms with Gasteiger partial charge in [-0.15, -0.1) is 0 Å². The van der Waals surface area contributed by atoms with Crippen LogP contribution in [0.25, 0.3) is 0 Å². The molecule has 1 aliphatic rings. The summed E-state index contributed by atoms with van der Waals surface area (Å²) in [4.78, 5) is 19.8. The molecule has 1 aromatic heterocycles. The lowest BCUT2D eigenvalue weighted by Crippen LogP contribution is -2.43. The molecule has 0 atom stereocenters. The van der Waals surface area contributed by atoms with Gasteiger partial charge in [0.25, 0.3) is 0 Å². The third-order valence-corrected chi connectivity index (χ3v) is 3.80. The van der Waals surface area contributed by atoms with Crippen LogP contribution in [-0.4, -0.2) is 60.6 Å². The van der Waals surface area contributed by atoms with Crippen molar-refractivity contribution < 1.29 is 9.32 Å². The van der Waals surface area contributed by atoms with Crippen LogP contribution >= 0.6 is 0 Å². The summed E-state index contributed by atoms with van der Waals surface area (Å²) < 4.78 is 4.86. The second kappa shape index (κ2) is 7.82. The molecule has 1 fully saturated rings. The van der Waals surface area contributed by atoms with Crippen LogP contribution in [0, 0.1) is 0 Å². The van der Waals surface area contributed by atoms with E-state index in [9.17, 15) is 4.79 Å². The minimum absolute atomic E-state index is 0.0134. The molecule has 1 N–H and O–H groups in total. The zero-order valence-electron chi connectivity index (χ0n) is 13.6. The van der Waals surface area contributed by atoms with Gasteiger partial charge in [-0.1, -0.05) is 18.0 Å². The Hall–Kier alpha value is -2.05. The molecule has 0 unspecified atom stereocenters. The number of hydrogen-bond acceptors (Lipinski definition) is 4. The Balaban J connectivity index is 2.01. The van der Waals surface area contributed by atoms with Gasteiger partial charge in [0.1, 0.15) is 18.5 Å². The maximum absolute atomic E-state index is 11.8. The number of carbonyl (C=O) groups is 1. The minimum Gasteiger partial charge on any atom is -0.364 e. The molecule has 1 saturated carbocycles. The second-order valence-electron chi connectivity index (χ2n) is 5.90. The minimum atomic E-state index is -0.0134. The third-order valence-electron chi connectivity index (χ3n) is 3.80. The van der Waals surface area contributed by atoms with E-state index >= 15 is 0 Å². The van der Waals surface area contributed by atoms with Crippen molar-refractivity contribution in [3.05, 3.63) is 18.0 Å². The van der Waals surface area contributed by atoms with E-state index in [1.165, 1.54) is 12.8 Å². The average Bonchev–Trinajstić information content (AvgIpc) is 3.15. The Kier molecular flexibility index (Phi) is 5.80. The van der Waals surface area contributed by atoms with Crippen LogP contribution in [0.2, 0.25) is 0 Å². The number of nitrogens with zero attached hydrogens (tertiary/aromatic N) is 4. The van der Waals surface area contributed by atoms with Gasteiger partial charge in [0.15, 0.2) is 5.96 Å². The number of rotatable bonds is 5. The normalized spacial score (nSPS) is 15.9. The molecular weight excluding hydrogens is 282 g/mol. The SMILES string of the molecule is CN(C)C(=O)CN=C(NC1CCCC1)N(C)Cc1ccon1. The quantitative estimate of drug-likeness (QED) is 0.651. The highest BCUT2D eigenvalue weighted by Crippen LogP contribution is 2.18. The predicted octanol–water partition coefficient (Wildman–Crippen LogP) is 1.08. The summed E-state index contributed by atoms with van der Waals surface area (Å²) in [6.45, 7) is 0.733. The monoisotopic (exact) mass is 307 g/mol. The number of aromatic nitrogens is 1. The largest absolute Gasteiger partial charge is 0.364 e. The molecule has 0 bridgehead atoms. The van der Waals surface area contributed by atoms with Crippen LogP contribution in [0.1, 0.15) is 31.4 Å². The van der Waals surface area contributed by atoms with Gasteiger partial charge in [0, 0.05) is 33.3 Å². The first-order chi connectivity index (χ1) is 10.6. The van der Waals surface area contributed by atoms with Crippen molar-refractivity contribution in [2.45, 2.75) is 38.3 Å². The molecular formula is C15H25N5O2. The summed E-state index contributed by atoms with van der Waals surface area (Å²) in [6, 6.07) is 2.27. The molecule has 122 valence electrons. The lowest BCUT2D eigenvalue weighted by atomic mass is 10.2. The maximum atomic E-state index is 11.8. The van der Waals surface area contributed by atoms with Crippen LogP contribution in [0.15, 0.2) is 21.8 Å². The van der Waals surface area contributed by atoms with Gasteiger partial charge in [0.05, 0.1) is 6.54 Å². The Morgan fingerprint density at radius 3 is 2.73 bits per heavy atom. The first-order valence-corrected chi connectivity index (χ1v) is 7.68. The Bertz CT molecular complexity index is 492. The summed E-state index contributed by atoms with van der Waals surface area (Å²) in [5, 5.41) is 7.39.